The highest BCUT2D eigenvalue weighted by atomic mass is 16.2. The van der Waals surface area contributed by atoms with Gasteiger partial charge in [0.2, 0.25) is 11.8 Å². The van der Waals surface area contributed by atoms with Crippen molar-refractivity contribution in [2.24, 2.45) is 5.92 Å². The molecule has 1 aliphatic carbocycles. The maximum atomic E-state index is 12.0. The minimum atomic E-state index is -0.190. The molecule has 5 nitrogen and oxygen atoms in total. The van der Waals surface area contributed by atoms with Crippen LogP contribution < -0.4 is 16.0 Å². The molecule has 1 fully saturated rings. The van der Waals surface area contributed by atoms with Crippen molar-refractivity contribution in [1.82, 2.24) is 10.6 Å². The Bertz CT molecular complexity index is 539. The molecule has 24 heavy (non-hydrogen) atoms. The van der Waals surface area contributed by atoms with Crippen molar-refractivity contribution < 1.29 is 9.59 Å². The highest BCUT2D eigenvalue weighted by Gasteiger charge is 2.16. The fourth-order valence-electron chi connectivity index (χ4n) is 3.14. The van der Waals surface area contributed by atoms with Gasteiger partial charge in [-0.3, -0.25) is 9.59 Å². The standard InChI is InChI=1S/C19H29N3O2/c1-2-20-13-16-8-5-9-17(12-16)22-19(24)14-21-18(23)11-10-15-6-3-4-7-15/h5,8-9,12,15,20H,2-4,6-7,10-11,13-14H2,1H3,(H,21,23)(H,22,24). The van der Waals surface area contributed by atoms with Crippen LogP contribution in [0.1, 0.15) is 51.0 Å². The summed E-state index contributed by atoms with van der Waals surface area (Å²) in [6.45, 7) is 3.77. The first-order chi connectivity index (χ1) is 11.7. The van der Waals surface area contributed by atoms with Crippen LogP contribution in [0.4, 0.5) is 5.69 Å². The third kappa shape index (κ3) is 6.71. The van der Waals surface area contributed by atoms with Crippen molar-refractivity contribution in [1.29, 1.82) is 0 Å². The summed E-state index contributed by atoms with van der Waals surface area (Å²) in [5.41, 5.74) is 1.88. The molecule has 3 N–H and O–H groups in total. The molecule has 0 atom stereocenters. The van der Waals surface area contributed by atoms with Crippen molar-refractivity contribution in [3.05, 3.63) is 29.8 Å². The normalized spacial score (nSPS) is 14.5. The van der Waals surface area contributed by atoms with Gasteiger partial charge in [-0.2, -0.15) is 0 Å². The van der Waals surface area contributed by atoms with Crippen LogP contribution in [0.2, 0.25) is 0 Å². The Morgan fingerprint density at radius 3 is 2.71 bits per heavy atom. The largest absolute Gasteiger partial charge is 0.347 e. The molecule has 5 heteroatoms. The van der Waals surface area contributed by atoms with Crippen LogP contribution in [0.25, 0.3) is 0 Å². The Morgan fingerprint density at radius 1 is 1.17 bits per heavy atom. The summed E-state index contributed by atoms with van der Waals surface area (Å²) in [4.78, 5) is 23.8. The number of carbonyl (C=O) groups excluding carboxylic acids is 2. The summed E-state index contributed by atoms with van der Waals surface area (Å²) in [6, 6.07) is 7.74. The zero-order valence-electron chi connectivity index (χ0n) is 14.6. The number of rotatable bonds is 9. The van der Waals surface area contributed by atoms with Gasteiger partial charge in [-0.05, 0) is 36.6 Å². The fraction of sp³-hybridized carbons (Fsp3) is 0.579. The Morgan fingerprint density at radius 2 is 1.96 bits per heavy atom. The topological polar surface area (TPSA) is 70.2 Å². The van der Waals surface area contributed by atoms with Gasteiger partial charge < -0.3 is 16.0 Å². The number of amides is 2. The van der Waals surface area contributed by atoms with E-state index in [-0.39, 0.29) is 18.4 Å². The van der Waals surface area contributed by atoms with Crippen LogP contribution in [-0.2, 0) is 16.1 Å². The minimum Gasteiger partial charge on any atom is -0.347 e. The predicted octanol–water partition coefficient (Wildman–Crippen LogP) is 2.82. The summed E-state index contributed by atoms with van der Waals surface area (Å²) >= 11 is 0. The quantitative estimate of drug-likeness (QED) is 0.652. The van der Waals surface area contributed by atoms with Crippen LogP contribution in [0.15, 0.2) is 24.3 Å². The number of hydrogen-bond acceptors (Lipinski definition) is 3. The summed E-state index contributed by atoms with van der Waals surface area (Å²) < 4.78 is 0. The van der Waals surface area contributed by atoms with E-state index in [2.05, 4.69) is 22.9 Å². The number of benzene rings is 1. The van der Waals surface area contributed by atoms with Crippen LogP contribution in [0, 0.1) is 5.92 Å². The number of carbonyl (C=O) groups is 2. The van der Waals surface area contributed by atoms with E-state index in [9.17, 15) is 9.59 Å². The molecular formula is C19H29N3O2. The summed E-state index contributed by atoms with van der Waals surface area (Å²) in [7, 11) is 0. The zero-order valence-corrected chi connectivity index (χ0v) is 14.6. The molecule has 1 aliphatic rings. The lowest BCUT2D eigenvalue weighted by molar-refractivity contribution is -0.124. The molecule has 0 saturated heterocycles. The lowest BCUT2D eigenvalue weighted by Gasteiger charge is -2.10. The van der Waals surface area contributed by atoms with Crippen molar-refractivity contribution in [3.8, 4) is 0 Å². The average Bonchev–Trinajstić information content (AvgIpc) is 3.10. The first kappa shape index (κ1) is 18.5. The number of hydrogen-bond donors (Lipinski definition) is 3. The van der Waals surface area contributed by atoms with Crippen molar-refractivity contribution in [2.45, 2.75) is 52.0 Å². The molecule has 0 bridgehead atoms. The van der Waals surface area contributed by atoms with Gasteiger partial charge in [-0.15, -0.1) is 0 Å². The first-order valence-corrected chi connectivity index (χ1v) is 9.03. The molecule has 132 valence electrons. The smallest absolute Gasteiger partial charge is 0.243 e. The maximum Gasteiger partial charge on any atom is 0.243 e. The summed E-state index contributed by atoms with van der Waals surface area (Å²) in [5.74, 6) is 0.479. The molecule has 0 aromatic heterocycles. The molecule has 1 aromatic carbocycles. The Hall–Kier alpha value is -1.88. The molecule has 0 unspecified atom stereocenters. The van der Waals surface area contributed by atoms with Crippen molar-refractivity contribution >= 4 is 17.5 Å². The van der Waals surface area contributed by atoms with E-state index in [4.69, 9.17) is 0 Å². The highest BCUT2D eigenvalue weighted by Crippen LogP contribution is 2.28. The molecule has 0 aliphatic heterocycles. The van der Waals surface area contributed by atoms with E-state index in [0.29, 0.717) is 12.3 Å². The second-order valence-corrected chi connectivity index (χ2v) is 6.49. The van der Waals surface area contributed by atoms with Gasteiger partial charge in [-0.1, -0.05) is 44.7 Å². The van der Waals surface area contributed by atoms with Crippen LogP contribution in [-0.4, -0.2) is 24.9 Å². The average molecular weight is 331 g/mol. The molecule has 0 radical (unpaired) electrons. The predicted molar refractivity (Wildman–Crippen MR) is 96.7 cm³/mol. The lowest BCUT2D eigenvalue weighted by atomic mass is 10.0. The van der Waals surface area contributed by atoms with Gasteiger partial charge in [0, 0.05) is 18.7 Å². The van der Waals surface area contributed by atoms with Gasteiger partial charge in [-0.25, -0.2) is 0 Å². The SMILES string of the molecule is CCNCc1cccc(NC(=O)CNC(=O)CCC2CCCC2)c1. The Labute approximate surface area is 144 Å². The summed E-state index contributed by atoms with van der Waals surface area (Å²) in [6.07, 6.45) is 6.55. The van der Waals surface area contributed by atoms with Crippen LogP contribution in [0.5, 0.6) is 0 Å². The fourth-order valence-corrected chi connectivity index (χ4v) is 3.14. The number of nitrogens with one attached hydrogen (secondary N) is 3. The van der Waals surface area contributed by atoms with Crippen molar-refractivity contribution in [3.63, 3.8) is 0 Å². The Balaban J connectivity index is 1.67. The molecule has 1 saturated carbocycles. The van der Waals surface area contributed by atoms with E-state index in [1.807, 2.05) is 24.3 Å². The van der Waals surface area contributed by atoms with Crippen LogP contribution >= 0.6 is 0 Å². The second-order valence-electron chi connectivity index (χ2n) is 6.49. The number of anilines is 1. The lowest BCUT2D eigenvalue weighted by Crippen LogP contribution is -2.32. The molecular weight excluding hydrogens is 302 g/mol. The molecule has 2 amide bonds. The van der Waals surface area contributed by atoms with Crippen molar-refractivity contribution in [2.75, 3.05) is 18.4 Å². The van der Waals surface area contributed by atoms with Gasteiger partial charge in [0.05, 0.1) is 6.54 Å². The highest BCUT2D eigenvalue weighted by molar-refractivity contribution is 5.94. The maximum absolute atomic E-state index is 12.0. The molecule has 0 heterocycles. The monoisotopic (exact) mass is 331 g/mol. The van der Waals surface area contributed by atoms with Crippen LogP contribution in [0.3, 0.4) is 0 Å². The van der Waals surface area contributed by atoms with E-state index in [1.54, 1.807) is 0 Å². The van der Waals surface area contributed by atoms with Gasteiger partial charge in [0.15, 0.2) is 0 Å². The first-order valence-electron chi connectivity index (χ1n) is 9.03. The minimum absolute atomic E-state index is 0.0287. The molecule has 2 rings (SSSR count). The third-order valence-corrected chi connectivity index (χ3v) is 4.49. The van der Waals surface area contributed by atoms with E-state index >= 15 is 0 Å². The summed E-state index contributed by atoms with van der Waals surface area (Å²) in [5, 5.41) is 8.79. The van der Waals surface area contributed by atoms with Gasteiger partial charge in [0.1, 0.15) is 0 Å². The van der Waals surface area contributed by atoms with Gasteiger partial charge >= 0.3 is 0 Å². The zero-order chi connectivity index (χ0) is 17.2. The third-order valence-electron chi connectivity index (χ3n) is 4.49. The van der Waals surface area contributed by atoms with E-state index < -0.39 is 0 Å². The second kappa shape index (κ2) is 10.1. The molecule has 0 spiro atoms. The molecule has 1 aromatic rings. The van der Waals surface area contributed by atoms with E-state index in [0.717, 1.165) is 30.8 Å². The van der Waals surface area contributed by atoms with Gasteiger partial charge in [0.25, 0.3) is 0 Å². The van der Waals surface area contributed by atoms with E-state index in [1.165, 1.54) is 25.7 Å². The Kier molecular flexibility index (Phi) is 7.75.